The molecule has 0 aliphatic carbocycles. The Balaban J connectivity index is 1.46. The van der Waals surface area contributed by atoms with Crippen LogP contribution in [0.5, 0.6) is 0 Å². The van der Waals surface area contributed by atoms with Gasteiger partial charge in [-0.05, 0) is 57.0 Å². The molecule has 0 N–H and O–H groups in total. The lowest BCUT2D eigenvalue weighted by Gasteiger charge is -2.35. The van der Waals surface area contributed by atoms with Gasteiger partial charge in [-0.3, -0.25) is 9.58 Å². The van der Waals surface area contributed by atoms with Crippen molar-refractivity contribution >= 4 is 0 Å². The Kier molecular flexibility index (Phi) is 5.34. The lowest BCUT2D eigenvalue weighted by atomic mass is 9.99. The molecular weight excluding hydrogens is 343 g/mol. The van der Waals surface area contributed by atoms with Gasteiger partial charge >= 0.3 is 0 Å². The normalized spacial score (nSPS) is 18.1. The lowest BCUT2D eigenvalue weighted by molar-refractivity contribution is 0.125. The highest BCUT2D eigenvalue weighted by atomic mass is 19.1. The number of piperidine rings is 1. The summed E-state index contributed by atoms with van der Waals surface area (Å²) in [7, 11) is 0. The number of rotatable bonds is 6. The summed E-state index contributed by atoms with van der Waals surface area (Å²) in [5.74, 6) is 1.03. The first kappa shape index (κ1) is 17.9. The van der Waals surface area contributed by atoms with Crippen molar-refractivity contribution in [3.63, 3.8) is 0 Å². The minimum Gasteiger partial charge on any atom is -0.441 e. The largest absolute Gasteiger partial charge is 0.441 e. The summed E-state index contributed by atoms with van der Waals surface area (Å²) in [5, 5.41) is 4.31. The van der Waals surface area contributed by atoms with E-state index in [1.165, 1.54) is 31.4 Å². The molecule has 1 aromatic carbocycles. The monoisotopic (exact) mass is 368 g/mol. The first-order valence-corrected chi connectivity index (χ1v) is 9.63. The predicted molar refractivity (Wildman–Crippen MR) is 102 cm³/mol. The van der Waals surface area contributed by atoms with Gasteiger partial charge in [0, 0.05) is 37.1 Å². The molecule has 142 valence electrons. The molecule has 6 heteroatoms. The number of aromatic nitrogens is 3. The van der Waals surface area contributed by atoms with Gasteiger partial charge < -0.3 is 4.42 Å². The highest BCUT2D eigenvalue weighted by molar-refractivity contribution is 5.53. The van der Waals surface area contributed by atoms with Crippen LogP contribution in [0.1, 0.15) is 37.1 Å². The van der Waals surface area contributed by atoms with Crippen molar-refractivity contribution < 1.29 is 8.81 Å². The zero-order chi connectivity index (χ0) is 18.6. The Hall–Kier alpha value is -2.47. The summed E-state index contributed by atoms with van der Waals surface area (Å²) >= 11 is 0. The van der Waals surface area contributed by atoms with Crippen molar-refractivity contribution in [2.45, 2.75) is 51.7 Å². The van der Waals surface area contributed by atoms with Crippen LogP contribution in [0, 0.1) is 12.7 Å². The van der Waals surface area contributed by atoms with Crippen molar-refractivity contribution in [2.75, 3.05) is 6.54 Å². The molecule has 0 saturated carbocycles. The summed E-state index contributed by atoms with van der Waals surface area (Å²) in [6, 6.07) is 8.88. The molecule has 1 atom stereocenters. The molecule has 0 spiro atoms. The summed E-state index contributed by atoms with van der Waals surface area (Å²) < 4.78 is 21.3. The van der Waals surface area contributed by atoms with Gasteiger partial charge in [0.05, 0.1) is 5.69 Å². The van der Waals surface area contributed by atoms with Gasteiger partial charge in [-0.25, -0.2) is 9.37 Å². The van der Waals surface area contributed by atoms with Crippen LogP contribution in [-0.4, -0.2) is 32.3 Å². The zero-order valence-electron chi connectivity index (χ0n) is 15.6. The average molecular weight is 368 g/mol. The minimum absolute atomic E-state index is 0.278. The Morgan fingerprint density at radius 1 is 1.26 bits per heavy atom. The molecule has 0 radical (unpaired) electrons. The number of benzene rings is 1. The van der Waals surface area contributed by atoms with Gasteiger partial charge in [0.1, 0.15) is 11.6 Å². The van der Waals surface area contributed by atoms with E-state index >= 15 is 0 Å². The van der Waals surface area contributed by atoms with Crippen molar-refractivity contribution in [1.82, 2.24) is 19.7 Å². The first-order chi connectivity index (χ1) is 13.2. The van der Waals surface area contributed by atoms with Gasteiger partial charge in [-0.2, -0.15) is 5.10 Å². The van der Waals surface area contributed by atoms with Crippen LogP contribution in [-0.2, 0) is 13.1 Å². The number of hydrogen-bond donors (Lipinski definition) is 0. The molecule has 1 aliphatic heterocycles. The topological polar surface area (TPSA) is 47.1 Å². The van der Waals surface area contributed by atoms with Gasteiger partial charge in [-0.1, -0.05) is 12.5 Å². The first-order valence-electron chi connectivity index (χ1n) is 9.63. The Morgan fingerprint density at radius 3 is 3.00 bits per heavy atom. The van der Waals surface area contributed by atoms with Gasteiger partial charge in [0.2, 0.25) is 5.89 Å². The second kappa shape index (κ2) is 8.05. The number of nitrogens with zero attached hydrogens (tertiary/aromatic N) is 4. The number of likely N-dealkylation sites (tertiary alicyclic amines) is 1. The Morgan fingerprint density at radius 2 is 2.19 bits per heavy atom. The second-order valence-corrected chi connectivity index (χ2v) is 7.21. The van der Waals surface area contributed by atoms with Gasteiger partial charge in [0.25, 0.3) is 0 Å². The number of halogens is 1. The number of aryl methyl sites for hydroxylation is 2. The molecule has 3 aromatic rings. The van der Waals surface area contributed by atoms with E-state index in [1.807, 2.05) is 36.1 Å². The number of oxazole rings is 1. The fourth-order valence-electron chi connectivity index (χ4n) is 3.82. The molecule has 5 nitrogen and oxygen atoms in total. The summed E-state index contributed by atoms with van der Waals surface area (Å²) in [6.07, 6.45) is 8.61. The highest BCUT2D eigenvalue weighted by Gasteiger charge is 2.24. The maximum atomic E-state index is 13.5. The van der Waals surface area contributed by atoms with E-state index in [0.717, 1.165) is 37.5 Å². The molecular formula is C21H25FN4O. The van der Waals surface area contributed by atoms with E-state index in [0.29, 0.717) is 17.5 Å². The van der Waals surface area contributed by atoms with Gasteiger partial charge in [-0.15, -0.1) is 0 Å². The molecule has 4 rings (SSSR count). The average Bonchev–Trinajstić information content (AvgIpc) is 3.31. The third-order valence-electron chi connectivity index (χ3n) is 5.32. The van der Waals surface area contributed by atoms with Crippen molar-refractivity contribution in [1.29, 1.82) is 0 Å². The molecule has 3 heterocycles. The van der Waals surface area contributed by atoms with E-state index < -0.39 is 0 Å². The van der Waals surface area contributed by atoms with Gasteiger partial charge in [0.15, 0.2) is 0 Å². The van der Waals surface area contributed by atoms with E-state index in [1.54, 1.807) is 6.07 Å². The molecule has 0 amide bonds. The SMILES string of the molecule is Cc1oc(-c2cccc(F)c2)nc1CN1CCCC[C@@H]1CCn1cccn1. The minimum atomic E-state index is -0.278. The fourth-order valence-corrected chi connectivity index (χ4v) is 3.82. The second-order valence-electron chi connectivity index (χ2n) is 7.21. The van der Waals surface area contributed by atoms with Crippen LogP contribution in [0.15, 0.2) is 47.1 Å². The third-order valence-corrected chi connectivity index (χ3v) is 5.32. The van der Waals surface area contributed by atoms with Crippen molar-refractivity contribution in [3.8, 4) is 11.5 Å². The van der Waals surface area contributed by atoms with Crippen molar-refractivity contribution in [2.24, 2.45) is 0 Å². The molecule has 1 fully saturated rings. The van der Waals surface area contributed by atoms with E-state index in [2.05, 4.69) is 15.0 Å². The van der Waals surface area contributed by atoms with Crippen molar-refractivity contribution in [3.05, 3.63) is 60.0 Å². The zero-order valence-corrected chi connectivity index (χ0v) is 15.6. The molecule has 1 saturated heterocycles. The summed E-state index contributed by atoms with van der Waals surface area (Å²) in [5.41, 5.74) is 1.62. The summed E-state index contributed by atoms with van der Waals surface area (Å²) in [6.45, 7) is 4.72. The van der Waals surface area contributed by atoms with E-state index in [4.69, 9.17) is 4.42 Å². The smallest absolute Gasteiger partial charge is 0.226 e. The molecule has 1 aliphatic rings. The Labute approximate surface area is 158 Å². The lowest BCUT2D eigenvalue weighted by Crippen LogP contribution is -2.39. The Bertz CT molecular complexity index is 874. The molecule has 27 heavy (non-hydrogen) atoms. The number of hydrogen-bond acceptors (Lipinski definition) is 4. The van der Waals surface area contributed by atoms with E-state index in [-0.39, 0.29) is 5.82 Å². The fraction of sp³-hybridized carbons (Fsp3) is 0.429. The van der Waals surface area contributed by atoms with Crippen LogP contribution in [0.2, 0.25) is 0 Å². The maximum absolute atomic E-state index is 13.5. The van der Waals surface area contributed by atoms with Crippen LogP contribution < -0.4 is 0 Å². The standard InChI is InChI=1S/C21H25FN4O/c1-16-20(24-21(27-16)17-6-4-7-18(22)14-17)15-25-11-3-2-8-19(25)9-13-26-12-5-10-23-26/h4-7,10,12,14,19H,2-3,8-9,11,13,15H2,1H3/t19-/m1/s1. The van der Waals surface area contributed by atoms with Crippen LogP contribution in [0.3, 0.4) is 0 Å². The molecule has 0 bridgehead atoms. The third kappa shape index (κ3) is 4.27. The van der Waals surface area contributed by atoms with Crippen LogP contribution in [0.25, 0.3) is 11.5 Å². The van der Waals surface area contributed by atoms with Crippen LogP contribution in [0.4, 0.5) is 4.39 Å². The predicted octanol–water partition coefficient (Wildman–Crippen LogP) is 4.43. The summed E-state index contributed by atoms with van der Waals surface area (Å²) in [4.78, 5) is 7.17. The highest BCUT2D eigenvalue weighted by Crippen LogP contribution is 2.26. The van der Waals surface area contributed by atoms with Crippen LogP contribution >= 0.6 is 0 Å². The van der Waals surface area contributed by atoms with E-state index in [9.17, 15) is 4.39 Å². The quantitative estimate of drug-likeness (QED) is 0.646. The molecule has 2 aromatic heterocycles. The molecule has 0 unspecified atom stereocenters. The maximum Gasteiger partial charge on any atom is 0.226 e.